The molecule has 24 heavy (non-hydrogen) atoms. The minimum absolute atomic E-state index is 0. The minimum atomic E-state index is -3.96. The zero-order valence-electron chi connectivity index (χ0n) is 13.0. The number of nitro benzene ring substituents is 1. The first-order valence-electron chi connectivity index (χ1n) is 6.60. The molecule has 0 aromatic heterocycles. The molecule has 0 unspecified atom stereocenters. The Morgan fingerprint density at radius 3 is 2.04 bits per heavy atom. The molecule has 0 bridgehead atoms. The second-order valence-corrected chi connectivity index (χ2v) is 8.87. The Morgan fingerprint density at radius 1 is 1.04 bits per heavy atom. The van der Waals surface area contributed by atoms with Crippen LogP contribution in [-0.2, 0) is 26.8 Å². The summed E-state index contributed by atoms with van der Waals surface area (Å²) >= 11 is 0. The molecule has 6 nitrogen and oxygen atoms in total. The van der Waals surface area contributed by atoms with Crippen molar-refractivity contribution in [1.29, 1.82) is 0 Å². The van der Waals surface area contributed by atoms with Gasteiger partial charge in [0.15, 0.2) is 0 Å². The highest BCUT2D eigenvalue weighted by atomic mass is 79.9. The maximum Gasteiger partial charge on any atom is 0.339 e. The van der Waals surface area contributed by atoms with Crippen molar-refractivity contribution in [1.82, 2.24) is 0 Å². The van der Waals surface area contributed by atoms with E-state index in [0.29, 0.717) is 0 Å². The lowest BCUT2D eigenvalue weighted by atomic mass is 10.2. The Balaban J connectivity index is 0.00000288. The van der Waals surface area contributed by atoms with Crippen LogP contribution in [0.5, 0.6) is 5.75 Å². The molecule has 0 saturated carbocycles. The van der Waals surface area contributed by atoms with Crippen molar-refractivity contribution in [2.45, 2.75) is 10.6 Å². The Bertz CT molecular complexity index is 790. The number of halogens is 1. The molecule has 0 amide bonds. The molecule has 0 aliphatic rings. The number of nitrogens with zero attached hydrogens (tertiary/aromatic N) is 1. The number of benzene rings is 2. The maximum absolute atomic E-state index is 12.2. The van der Waals surface area contributed by atoms with Crippen LogP contribution in [0.2, 0.25) is 0 Å². The van der Waals surface area contributed by atoms with Crippen LogP contribution >= 0.6 is 0 Å². The number of hydrogen-bond donors (Lipinski definition) is 0. The highest BCUT2D eigenvalue weighted by Gasteiger charge is 2.18. The monoisotopic (exact) mass is 433 g/mol. The Morgan fingerprint density at radius 2 is 1.58 bits per heavy atom. The average Bonchev–Trinajstić information content (AvgIpc) is 2.47. The lowest BCUT2D eigenvalue weighted by molar-refractivity contribution is -0.384. The highest BCUT2D eigenvalue weighted by molar-refractivity contribution is 7.94. The summed E-state index contributed by atoms with van der Waals surface area (Å²) < 4.78 is 29.4. The fourth-order valence-electron chi connectivity index (χ4n) is 1.88. The lowest BCUT2D eigenvalue weighted by Gasteiger charge is -2.07. The fourth-order valence-corrected chi connectivity index (χ4v) is 3.67. The molecule has 130 valence electrons. The first-order chi connectivity index (χ1) is 10.8. The van der Waals surface area contributed by atoms with E-state index in [0.717, 1.165) is 11.3 Å². The van der Waals surface area contributed by atoms with Crippen molar-refractivity contribution in [3.05, 3.63) is 64.2 Å². The Kier molecular flexibility index (Phi) is 7.25. The number of hydrogen-bond acceptors (Lipinski definition) is 5. The van der Waals surface area contributed by atoms with Gasteiger partial charge in [0.25, 0.3) is 5.69 Å². The van der Waals surface area contributed by atoms with Crippen molar-refractivity contribution in [3.8, 4) is 5.75 Å². The van der Waals surface area contributed by atoms with Gasteiger partial charge in [0.1, 0.15) is 16.4 Å². The van der Waals surface area contributed by atoms with E-state index in [9.17, 15) is 18.5 Å². The standard InChI is InChI=1S/C15H16NO5S2.BrH/c1-22(2)11-12-3-9-15(10-4-12)23(19,20)21-14-7-5-13(6-8-14)16(17)18;/h3-10H,11H2,1-2H3;1H/q+1;/p-1. The normalized spacial score (nSPS) is 11.0. The van der Waals surface area contributed by atoms with E-state index >= 15 is 0 Å². The van der Waals surface area contributed by atoms with Gasteiger partial charge in [-0.15, -0.1) is 0 Å². The topological polar surface area (TPSA) is 86.5 Å². The van der Waals surface area contributed by atoms with Crippen molar-refractivity contribution in [3.63, 3.8) is 0 Å². The van der Waals surface area contributed by atoms with Crippen LogP contribution in [0.1, 0.15) is 5.56 Å². The maximum atomic E-state index is 12.2. The van der Waals surface area contributed by atoms with Gasteiger partial charge in [-0.1, -0.05) is 12.1 Å². The molecule has 0 spiro atoms. The second kappa shape index (κ2) is 8.50. The summed E-state index contributed by atoms with van der Waals surface area (Å²) in [4.78, 5) is 10.1. The van der Waals surface area contributed by atoms with Crippen molar-refractivity contribution < 1.29 is 34.5 Å². The van der Waals surface area contributed by atoms with E-state index in [1.54, 1.807) is 12.1 Å². The van der Waals surface area contributed by atoms with Crippen LogP contribution in [0.4, 0.5) is 5.69 Å². The summed E-state index contributed by atoms with van der Waals surface area (Å²) in [5.41, 5.74) is 0.932. The second-order valence-electron chi connectivity index (χ2n) is 5.06. The molecule has 0 fully saturated rings. The first-order valence-corrected chi connectivity index (χ1v) is 10.2. The zero-order chi connectivity index (χ0) is 17.0. The number of non-ortho nitro benzene ring substituents is 1. The smallest absolute Gasteiger partial charge is 0.339 e. The summed E-state index contributed by atoms with van der Waals surface area (Å²) in [5.74, 6) is 0.923. The molecule has 0 heterocycles. The highest BCUT2D eigenvalue weighted by Crippen LogP contribution is 2.22. The molecule has 0 N–H and O–H groups in total. The Hall–Kier alpha value is -1.58. The van der Waals surface area contributed by atoms with Crippen LogP contribution in [-0.4, -0.2) is 25.9 Å². The van der Waals surface area contributed by atoms with Gasteiger partial charge in [-0.3, -0.25) is 10.1 Å². The van der Waals surface area contributed by atoms with Gasteiger partial charge >= 0.3 is 10.1 Å². The average molecular weight is 434 g/mol. The van der Waals surface area contributed by atoms with Gasteiger partial charge in [0.05, 0.1) is 17.4 Å². The van der Waals surface area contributed by atoms with Crippen molar-refractivity contribution >= 4 is 26.7 Å². The summed E-state index contributed by atoms with van der Waals surface area (Å²) in [5, 5.41) is 10.6. The predicted octanol–water partition coefficient (Wildman–Crippen LogP) is -0.256. The third kappa shape index (κ3) is 5.50. The van der Waals surface area contributed by atoms with Gasteiger partial charge in [-0.25, -0.2) is 0 Å². The predicted molar refractivity (Wildman–Crippen MR) is 90.3 cm³/mol. The van der Waals surface area contributed by atoms with Crippen LogP contribution in [0.15, 0.2) is 53.4 Å². The molecule has 2 aromatic rings. The molecule has 0 saturated heterocycles. The van der Waals surface area contributed by atoms with Gasteiger partial charge in [0.2, 0.25) is 0 Å². The van der Waals surface area contributed by atoms with Gasteiger partial charge in [-0.2, -0.15) is 8.42 Å². The molecule has 0 aliphatic heterocycles. The summed E-state index contributed by atoms with van der Waals surface area (Å²) in [7, 11) is -3.73. The Labute approximate surface area is 154 Å². The minimum Gasteiger partial charge on any atom is -1.00 e. The zero-order valence-corrected chi connectivity index (χ0v) is 16.2. The van der Waals surface area contributed by atoms with E-state index in [4.69, 9.17) is 4.18 Å². The van der Waals surface area contributed by atoms with E-state index in [1.165, 1.54) is 36.4 Å². The first kappa shape index (κ1) is 20.5. The molecule has 0 aliphatic carbocycles. The summed E-state index contributed by atoms with van der Waals surface area (Å²) in [6, 6.07) is 11.4. The van der Waals surface area contributed by atoms with E-state index in [-0.39, 0.29) is 44.2 Å². The van der Waals surface area contributed by atoms with Crippen molar-refractivity contribution in [2.24, 2.45) is 0 Å². The molecule has 9 heteroatoms. The van der Waals surface area contributed by atoms with Crippen molar-refractivity contribution in [2.75, 3.05) is 12.5 Å². The van der Waals surface area contributed by atoms with Gasteiger partial charge < -0.3 is 21.2 Å². The molecule has 2 aromatic carbocycles. The fraction of sp³-hybridized carbons (Fsp3) is 0.200. The largest absolute Gasteiger partial charge is 1.00 e. The van der Waals surface area contributed by atoms with Crippen LogP contribution in [0.3, 0.4) is 0 Å². The molecular formula is C15H16BrNO5S2. The van der Waals surface area contributed by atoms with Gasteiger partial charge in [-0.05, 0) is 35.2 Å². The van der Waals surface area contributed by atoms with E-state index in [2.05, 4.69) is 12.5 Å². The number of rotatable bonds is 6. The molecule has 2 rings (SSSR count). The van der Waals surface area contributed by atoms with Crippen LogP contribution in [0.25, 0.3) is 0 Å². The van der Waals surface area contributed by atoms with Crippen LogP contribution in [0, 0.1) is 10.1 Å². The summed E-state index contributed by atoms with van der Waals surface area (Å²) in [6.45, 7) is 0. The third-order valence-corrected chi connectivity index (χ3v) is 5.09. The summed E-state index contributed by atoms with van der Waals surface area (Å²) in [6.07, 6.45) is 4.23. The molecular weight excluding hydrogens is 418 g/mol. The lowest BCUT2D eigenvalue weighted by Crippen LogP contribution is -3.00. The molecule has 0 atom stereocenters. The number of nitro groups is 1. The van der Waals surface area contributed by atoms with E-state index < -0.39 is 15.0 Å². The quantitative estimate of drug-likeness (QED) is 0.271. The molecule has 0 radical (unpaired) electrons. The SMILES string of the molecule is C[S+](C)Cc1ccc(S(=O)(=O)Oc2ccc([N+](=O)[O-])cc2)cc1.[Br-]. The van der Waals surface area contributed by atoms with E-state index in [1.807, 2.05) is 0 Å². The van der Waals surface area contributed by atoms with Gasteiger partial charge in [0, 0.05) is 17.7 Å². The third-order valence-electron chi connectivity index (χ3n) is 2.92. The van der Waals surface area contributed by atoms with Crippen LogP contribution < -0.4 is 21.2 Å².